The van der Waals surface area contributed by atoms with Gasteiger partial charge in [0, 0.05) is 0 Å². The Balaban J connectivity index is 2.32. The van der Waals surface area contributed by atoms with Crippen molar-refractivity contribution < 1.29 is 14.6 Å². The van der Waals surface area contributed by atoms with E-state index in [1.165, 1.54) is 0 Å². The summed E-state index contributed by atoms with van der Waals surface area (Å²) in [5, 5.41) is 9.77. The third-order valence-electron chi connectivity index (χ3n) is 2.02. The molecule has 14 heavy (non-hydrogen) atoms. The second-order valence-electron chi connectivity index (χ2n) is 3.36. The highest BCUT2D eigenvalue weighted by Gasteiger charge is 2.18. The number of ether oxygens (including phenoxy) is 2. The minimum atomic E-state index is -0.383. The van der Waals surface area contributed by atoms with Crippen molar-refractivity contribution in [2.24, 2.45) is 0 Å². The molecule has 1 atom stereocenters. The van der Waals surface area contributed by atoms with Gasteiger partial charge in [0.25, 0.3) is 0 Å². The third-order valence-corrected chi connectivity index (χ3v) is 2.30. The zero-order valence-electron chi connectivity index (χ0n) is 7.79. The molecule has 3 nitrogen and oxygen atoms in total. The minimum absolute atomic E-state index is 0.215. The van der Waals surface area contributed by atoms with Gasteiger partial charge in [-0.15, -0.1) is 0 Å². The summed E-state index contributed by atoms with van der Waals surface area (Å²) in [4.78, 5) is 0. The van der Waals surface area contributed by atoms with Gasteiger partial charge in [-0.3, -0.25) is 0 Å². The Hall–Kier alpha value is -0.930. The minimum Gasteiger partial charge on any atom is -0.454 e. The van der Waals surface area contributed by atoms with E-state index in [1.807, 2.05) is 6.07 Å². The normalized spacial score (nSPS) is 15.6. The maximum atomic E-state index is 9.23. The van der Waals surface area contributed by atoms with Crippen molar-refractivity contribution in [1.82, 2.24) is 0 Å². The largest absolute Gasteiger partial charge is 0.454 e. The van der Waals surface area contributed by atoms with Gasteiger partial charge in [-0.25, -0.2) is 0 Å². The molecule has 0 radical (unpaired) electrons. The molecule has 0 aromatic heterocycles. The number of aliphatic hydroxyl groups is 1. The summed E-state index contributed by atoms with van der Waals surface area (Å²) < 4.78 is 10.4. The van der Waals surface area contributed by atoms with Gasteiger partial charge in [0.05, 0.1) is 11.1 Å². The van der Waals surface area contributed by atoms with E-state index in [-0.39, 0.29) is 12.9 Å². The monoisotopic (exact) mass is 214 g/mol. The Morgan fingerprint density at radius 3 is 3.00 bits per heavy atom. The number of rotatable bonds is 2. The second-order valence-corrected chi connectivity index (χ2v) is 3.77. The van der Waals surface area contributed by atoms with Crippen molar-refractivity contribution in [3.63, 3.8) is 0 Å². The van der Waals surface area contributed by atoms with E-state index < -0.39 is 0 Å². The molecule has 76 valence electrons. The zero-order chi connectivity index (χ0) is 10.1. The van der Waals surface area contributed by atoms with Gasteiger partial charge in [-0.05, 0) is 31.0 Å². The number of fused-ring (bicyclic) bond motifs is 1. The number of hydrogen-bond donors (Lipinski definition) is 1. The Bertz CT molecular complexity index is 349. The van der Waals surface area contributed by atoms with Crippen LogP contribution in [0.1, 0.15) is 12.5 Å². The van der Waals surface area contributed by atoms with Gasteiger partial charge < -0.3 is 14.6 Å². The molecule has 0 unspecified atom stereocenters. The molecule has 0 fully saturated rings. The number of benzene rings is 1. The average Bonchev–Trinajstić information content (AvgIpc) is 2.50. The van der Waals surface area contributed by atoms with Gasteiger partial charge in [-0.1, -0.05) is 11.6 Å². The molecule has 0 aliphatic carbocycles. The SMILES string of the molecule is C[C@@H](O)Cc1cc(Cl)c2c(c1)OCO2. The van der Waals surface area contributed by atoms with Gasteiger partial charge in [0.2, 0.25) is 6.79 Å². The van der Waals surface area contributed by atoms with Crippen LogP contribution in [-0.4, -0.2) is 18.0 Å². The number of aliphatic hydroxyl groups excluding tert-OH is 1. The Kier molecular flexibility index (Phi) is 2.52. The molecule has 1 aromatic rings. The van der Waals surface area contributed by atoms with Crippen molar-refractivity contribution in [1.29, 1.82) is 0 Å². The van der Waals surface area contributed by atoms with Crippen LogP contribution in [0.2, 0.25) is 5.02 Å². The van der Waals surface area contributed by atoms with E-state index in [4.69, 9.17) is 21.1 Å². The first kappa shape index (κ1) is 9.62. The van der Waals surface area contributed by atoms with Crippen molar-refractivity contribution in [3.8, 4) is 11.5 Å². The maximum absolute atomic E-state index is 9.23. The molecule has 1 aromatic carbocycles. The van der Waals surface area contributed by atoms with E-state index in [0.717, 1.165) is 5.56 Å². The highest BCUT2D eigenvalue weighted by molar-refractivity contribution is 6.32. The molecular formula is C10H11ClO3. The lowest BCUT2D eigenvalue weighted by Crippen LogP contribution is -2.03. The summed E-state index contributed by atoms with van der Waals surface area (Å²) in [5.74, 6) is 1.26. The molecule has 1 aliphatic heterocycles. The fraction of sp³-hybridized carbons (Fsp3) is 0.400. The summed E-state index contributed by atoms with van der Waals surface area (Å²) >= 11 is 5.97. The van der Waals surface area contributed by atoms with Crippen LogP contribution >= 0.6 is 11.6 Å². The van der Waals surface area contributed by atoms with Gasteiger partial charge in [-0.2, -0.15) is 0 Å². The van der Waals surface area contributed by atoms with Crippen LogP contribution in [0.4, 0.5) is 0 Å². The summed E-state index contributed by atoms with van der Waals surface area (Å²) in [7, 11) is 0. The lowest BCUT2D eigenvalue weighted by Gasteiger charge is -2.06. The highest BCUT2D eigenvalue weighted by Crippen LogP contribution is 2.39. The van der Waals surface area contributed by atoms with Gasteiger partial charge in [0.15, 0.2) is 11.5 Å². The summed E-state index contributed by atoms with van der Waals surface area (Å²) in [5.41, 5.74) is 0.953. The summed E-state index contributed by atoms with van der Waals surface area (Å²) in [6, 6.07) is 3.64. The van der Waals surface area contributed by atoms with Crippen LogP contribution in [0.25, 0.3) is 0 Å². The summed E-state index contributed by atoms with van der Waals surface area (Å²) in [6.07, 6.45) is 0.183. The fourth-order valence-electron chi connectivity index (χ4n) is 1.48. The quantitative estimate of drug-likeness (QED) is 0.819. The fourth-order valence-corrected chi connectivity index (χ4v) is 1.77. The van der Waals surface area contributed by atoms with Crippen LogP contribution in [0.15, 0.2) is 12.1 Å². The molecule has 1 N–H and O–H groups in total. The molecule has 0 spiro atoms. The van der Waals surface area contributed by atoms with E-state index in [1.54, 1.807) is 13.0 Å². The predicted octanol–water partition coefficient (Wildman–Crippen LogP) is 1.99. The first-order valence-electron chi connectivity index (χ1n) is 4.43. The van der Waals surface area contributed by atoms with Gasteiger partial charge in [0.1, 0.15) is 0 Å². The number of hydrogen-bond acceptors (Lipinski definition) is 3. The molecule has 2 rings (SSSR count). The van der Waals surface area contributed by atoms with Crippen LogP contribution in [0.5, 0.6) is 11.5 Å². The van der Waals surface area contributed by atoms with Crippen LogP contribution in [-0.2, 0) is 6.42 Å². The van der Waals surface area contributed by atoms with Crippen molar-refractivity contribution in [2.75, 3.05) is 6.79 Å². The molecule has 4 heteroatoms. The van der Waals surface area contributed by atoms with E-state index in [9.17, 15) is 5.11 Å². The molecular weight excluding hydrogens is 204 g/mol. The van der Waals surface area contributed by atoms with E-state index in [2.05, 4.69) is 0 Å². The molecule has 0 saturated carbocycles. The van der Waals surface area contributed by atoms with E-state index in [0.29, 0.717) is 22.9 Å². The maximum Gasteiger partial charge on any atom is 0.231 e. The summed E-state index contributed by atoms with van der Waals surface area (Å²) in [6.45, 7) is 1.95. The molecule has 1 heterocycles. The number of halogens is 1. The van der Waals surface area contributed by atoms with Crippen LogP contribution in [0.3, 0.4) is 0 Å². The first-order valence-corrected chi connectivity index (χ1v) is 4.80. The van der Waals surface area contributed by atoms with Crippen molar-refractivity contribution in [2.45, 2.75) is 19.4 Å². The highest BCUT2D eigenvalue weighted by atomic mass is 35.5. The Morgan fingerprint density at radius 2 is 2.29 bits per heavy atom. The predicted molar refractivity (Wildman–Crippen MR) is 53.0 cm³/mol. The molecule has 0 bridgehead atoms. The lowest BCUT2D eigenvalue weighted by atomic mass is 10.1. The standard InChI is InChI=1S/C10H11ClO3/c1-6(12)2-7-3-8(11)10-9(4-7)13-5-14-10/h3-4,6,12H,2,5H2,1H3/t6-/m1/s1. The van der Waals surface area contributed by atoms with E-state index >= 15 is 0 Å². The molecule has 0 saturated heterocycles. The van der Waals surface area contributed by atoms with Crippen LogP contribution in [0, 0.1) is 0 Å². The third kappa shape index (κ3) is 1.79. The first-order chi connectivity index (χ1) is 6.66. The lowest BCUT2D eigenvalue weighted by molar-refractivity contribution is 0.174. The second kappa shape index (κ2) is 3.67. The Morgan fingerprint density at radius 1 is 1.50 bits per heavy atom. The van der Waals surface area contributed by atoms with Crippen molar-refractivity contribution in [3.05, 3.63) is 22.7 Å². The smallest absolute Gasteiger partial charge is 0.231 e. The van der Waals surface area contributed by atoms with Crippen LogP contribution < -0.4 is 9.47 Å². The Labute approximate surface area is 87.2 Å². The average molecular weight is 215 g/mol. The topological polar surface area (TPSA) is 38.7 Å². The van der Waals surface area contributed by atoms with Crippen molar-refractivity contribution >= 4 is 11.6 Å². The zero-order valence-corrected chi connectivity index (χ0v) is 8.54. The molecule has 0 amide bonds. The van der Waals surface area contributed by atoms with Gasteiger partial charge >= 0.3 is 0 Å². The molecule has 1 aliphatic rings.